The van der Waals surface area contributed by atoms with Gasteiger partial charge in [-0.15, -0.1) is 5.16 Å². The summed E-state index contributed by atoms with van der Waals surface area (Å²) >= 11 is 0. The summed E-state index contributed by atoms with van der Waals surface area (Å²) in [6.45, 7) is 2.67. The standard InChI is InChI=1S/CH3NO.Al.Li.4H/c1-2-3;;;;;;/h3H,1H2;;;;;;. The third kappa shape index (κ3) is 86.4. The molecule has 0 unspecified atom stereocenters. The Hall–Kier alpha value is 0.600. The maximum atomic E-state index is 7.08. The van der Waals surface area contributed by atoms with Crippen LogP contribution in [0.25, 0.3) is 0 Å². The molecule has 0 spiro atoms. The molecule has 0 rings (SSSR count). The first kappa shape index (κ1) is 17.5. The molecule has 4 heteroatoms. The zero-order valence-electron chi connectivity index (χ0n) is 1.60. The summed E-state index contributed by atoms with van der Waals surface area (Å²) in [6.07, 6.45) is 0. The summed E-state index contributed by atoms with van der Waals surface area (Å²) in [5.74, 6) is 0. The van der Waals surface area contributed by atoms with Crippen LogP contribution < -0.4 is 0 Å². The third-order valence-electron chi connectivity index (χ3n) is 0. The normalized spacial score (nSPS) is 2.40. The summed E-state index contributed by atoms with van der Waals surface area (Å²) in [6, 6.07) is 0. The van der Waals surface area contributed by atoms with Gasteiger partial charge in [0.15, 0.2) is 17.4 Å². The number of hydrogen-bond donors (Lipinski definition) is 1. The molecule has 0 fully saturated rings. The summed E-state index contributed by atoms with van der Waals surface area (Å²) in [4.78, 5) is 0. The van der Waals surface area contributed by atoms with E-state index in [9.17, 15) is 0 Å². The molecule has 0 amide bonds. The van der Waals surface area contributed by atoms with Gasteiger partial charge in [0, 0.05) is 6.72 Å². The van der Waals surface area contributed by atoms with Crippen LogP contribution in [0.15, 0.2) is 5.16 Å². The van der Waals surface area contributed by atoms with Gasteiger partial charge in [-0.3, -0.25) is 0 Å². The van der Waals surface area contributed by atoms with Crippen molar-refractivity contribution in [2.24, 2.45) is 5.16 Å². The van der Waals surface area contributed by atoms with E-state index in [0.29, 0.717) is 0 Å². The summed E-state index contributed by atoms with van der Waals surface area (Å²) in [5, 5.41) is 9.33. The number of oxime groups is 1. The molecule has 26 valence electrons. The predicted molar refractivity (Wildman–Crippen MR) is 28.4 cm³/mol. The predicted octanol–water partition coefficient (Wildman–Crippen LogP) is -1.76. The molecule has 0 aliphatic heterocycles. The van der Waals surface area contributed by atoms with Crippen molar-refractivity contribution in [1.82, 2.24) is 0 Å². The van der Waals surface area contributed by atoms with Crippen LogP contribution in [0.4, 0.5) is 0 Å². The van der Waals surface area contributed by atoms with Crippen LogP contribution in [0.2, 0.25) is 0 Å². The summed E-state index contributed by atoms with van der Waals surface area (Å²) in [5.41, 5.74) is 0. The molecule has 0 aromatic carbocycles. The van der Waals surface area contributed by atoms with Crippen LogP contribution in [0.5, 0.6) is 0 Å². The van der Waals surface area contributed by atoms with E-state index in [1.807, 2.05) is 0 Å². The van der Waals surface area contributed by atoms with Gasteiger partial charge in [0.1, 0.15) is 0 Å². The van der Waals surface area contributed by atoms with Crippen molar-refractivity contribution in [2.45, 2.75) is 0 Å². The van der Waals surface area contributed by atoms with Crippen molar-refractivity contribution in [3.63, 3.8) is 0 Å². The Bertz CT molecular complexity index is 19.1. The molecule has 0 atom stereocenters. The van der Waals surface area contributed by atoms with Crippen LogP contribution in [0.1, 0.15) is 0 Å². The van der Waals surface area contributed by atoms with E-state index in [4.69, 9.17) is 5.21 Å². The zero-order valence-corrected chi connectivity index (χ0v) is 1.60. The molecule has 1 N–H and O–H groups in total. The van der Waals surface area contributed by atoms with Crippen LogP contribution >= 0.6 is 0 Å². The molecule has 5 heavy (non-hydrogen) atoms. The van der Waals surface area contributed by atoms with E-state index in [-0.39, 0.29) is 36.2 Å². The van der Waals surface area contributed by atoms with Crippen LogP contribution in [0.3, 0.4) is 0 Å². The summed E-state index contributed by atoms with van der Waals surface area (Å²) < 4.78 is 0. The SMILES string of the molecule is C=NO.[AlH3].[LiH]. The minimum atomic E-state index is 0. The van der Waals surface area contributed by atoms with Crippen LogP contribution in [0, 0.1) is 0 Å². The fourth-order valence-corrected chi connectivity index (χ4v) is 0. The number of hydrogen-bond acceptors (Lipinski definition) is 2. The quantitative estimate of drug-likeness (QED) is 0.160. The molecule has 0 aliphatic rings. The molecule has 0 aliphatic carbocycles. The first-order chi connectivity index (χ1) is 1.41. The van der Waals surface area contributed by atoms with E-state index in [2.05, 4.69) is 11.9 Å². The van der Waals surface area contributed by atoms with Gasteiger partial charge in [-0.2, -0.15) is 0 Å². The van der Waals surface area contributed by atoms with Gasteiger partial charge in [-0.1, -0.05) is 0 Å². The minimum absolute atomic E-state index is 0. The molecule has 2 nitrogen and oxygen atoms in total. The van der Waals surface area contributed by atoms with Crippen molar-refractivity contribution in [2.75, 3.05) is 0 Å². The van der Waals surface area contributed by atoms with Crippen molar-refractivity contribution < 1.29 is 5.21 Å². The van der Waals surface area contributed by atoms with Crippen LogP contribution in [-0.2, 0) is 0 Å². The second kappa shape index (κ2) is 23.3. The first-order valence-corrected chi connectivity index (χ1v) is 0.516. The Kier molecular flexibility index (Phi) is 81.6. The number of rotatable bonds is 0. The molecule has 0 saturated heterocycles. The first-order valence-electron chi connectivity index (χ1n) is 0.516. The van der Waals surface area contributed by atoms with E-state index in [1.54, 1.807) is 0 Å². The van der Waals surface area contributed by atoms with Crippen molar-refractivity contribution in [1.29, 1.82) is 0 Å². The molecule has 0 heterocycles. The Morgan fingerprint density at radius 3 is 1.60 bits per heavy atom. The molecule has 0 radical (unpaired) electrons. The molecule has 0 aromatic heterocycles. The molecule has 0 saturated carbocycles. The van der Waals surface area contributed by atoms with E-state index < -0.39 is 0 Å². The Morgan fingerprint density at radius 1 is 1.60 bits per heavy atom. The van der Waals surface area contributed by atoms with Crippen molar-refractivity contribution in [3.05, 3.63) is 0 Å². The molecular formula is CH7AlLiNO. The van der Waals surface area contributed by atoms with Gasteiger partial charge in [0.05, 0.1) is 0 Å². The second-order valence-corrected chi connectivity index (χ2v) is 0.141. The Morgan fingerprint density at radius 2 is 1.60 bits per heavy atom. The van der Waals surface area contributed by atoms with E-state index >= 15 is 0 Å². The molecule has 0 aromatic rings. The van der Waals surface area contributed by atoms with Gasteiger partial charge in [0.2, 0.25) is 0 Å². The van der Waals surface area contributed by atoms with Gasteiger partial charge in [-0.05, 0) is 0 Å². The topological polar surface area (TPSA) is 32.6 Å². The molecule has 0 bridgehead atoms. The maximum absolute atomic E-state index is 7.08. The zero-order chi connectivity index (χ0) is 2.71. The van der Waals surface area contributed by atoms with E-state index in [1.165, 1.54) is 0 Å². The Balaban J connectivity index is -0.0000000200. The fraction of sp³-hybridized carbons (Fsp3) is 0. The average Bonchev–Trinajstić information content (AvgIpc) is 0.918. The average molecular weight is 83.0 g/mol. The number of nitrogens with zero attached hydrogens (tertiary/aromatic N) is 1. The van der Waals surface area contributed by atoms with Crippen molar-refractivity contribution >= 4 is 42.9 Å². The van der Waals surface area contributed by atoms with E-state index in [0.717, 1.165) is 0 Å². The van der Waals surface area contributed by atoms with Gasteiger partial charge < -0.3 is 5.21 Å². The van der Waals surface area contributed by atoms with Gasteiger partial charge in [0.25, 0.3) is 0 Å². The van der Waals surface area contributed by atoms with Gasteiger partial charge in [-0.25, -0.2) is 0 Å². The molecular weight excluding hydrogens is 75.9 g/mol. The third-order valence-corrected chi connectivity index (χ3v) is 0. The fourth-order valence-electron chi connectivity index (χ4n) is 0. The van der Waals surface area contributed by atoms with Crippen LogP contribution in [-0.4, -0.2) is 48.1 Å². The Labute approximate surface area is 53.6 Å². The monoisotopic (exact) mass is 83.1 g/mol. The van der Waals surface area contributed by atoms with Crippen molar-refractivity contribution in [3.8, 4) is 0 Å². The second-order valence-electron chi connectivity index (χ2n) is 0.141. The van der Waals surface area contributed by atoms with Gasteiger partial charge >= 0.3 is 18.9 Å². The summed E-state index contributed by atoms with van der Waals surface area (Å²) in [7, 11) is 0.